The maximum atomic E-state index is 12.4. The summed E-state index contributed by atoms with van der Waals surface area (Å²) in [4.78, 5) is 26.0. The summed E-state index contributed by atoms with van der Waals surface area (Å²) in [5, 5.41) is 5.73. The molecule has 2 amide bonds. The molecule has 0 spiro atoms. The van der Waals surface area contributed by atoms with Gasteiger partial charge in [0.1, 0.15) is 0 Å². The lowest BCUT2D eigenvalue weighted by Gasteiger charge is -2.30. The van der Waals surface area contributed by atoms with Crippen molar-refractivity contribution < 1.29 is 9.59 Å². The molecule has 0 aliphatic carbocycles. The number of nitrogens with one attached hydrogen (secondary N) is 2. The number of rotatable bonds is 3. The SMILES string of the molecule is O=C1CN(c2ccccc2NC(=O)c2ccc(Br)cc2)CCN1. The predicted molar refractivity (Wildman–Crippen MR) is 93.8 cm³/mol. The molecule has 6 heteroatoms. The lowest BCUT2D eigenvalue weighted by molar-refractivity contribution is -0.120. The Balaban J connectivity index is 1.81. The number of nitrogens with zero attached hydrogens (tertiary/aromatic N) is 1. The number of amides is 2. The van der Waals surface area contributed by atoms with Crippen molar-refractivity contribution in [2.24, 2.45) is 0 Å². The summed E-state index contributed by atoms with van der Waals surface area (Å²) in [5.41, 5.74) is 2.14. The van der Waals surface area contributed by atoms with Crippen LogP contribution < -0.4 is 15.5 Å². The number of benzene rings is 2. The molecule has 2 aromatic carbocycles. The highest BCUT2D eigenvalue weighted by atomic mass is 79.9. The lowest BCUT2D eigenvalue weighted by Crippen LogP contribution is -2.47. The third kappa shape index (κ3) is 3.71. The van der Waals surface area contributed by atoms with E-state index >= 15 is 0 Å². The van der Waals surface area contributed by atoms with Gasteiger partial charge in [-0.2, -0.15) is 0 Å². The van der Waals surface area contributed by atoms with Crippen LogP contribution >= 0.6 is 15.9 Å². The van der Waals surface area contributed by atoms with Crippen LogP contribution in [0.5, 0.6) is 0 Å². The number of hydrogen-bond acceptors (Lipinski definition) is 3. The molecule has 2 N–H and O–H groups in total. The number of carbonyl (C=O) groups excluding carboxylic acids is 2. The van der Waals surface area contributed by atoms with Crippen LogP contribution in [0, 0.1) is 0 Å². The number of carbonyl (C=O) groups is 2. The summed E-state index contributed by atoms with van der Waals surface area (Å²) in [7, 11) is 0. The fourth-order valence-corrected chi connectivity index (χ4v) is 2.76. The van der Waals surface area contributed by atoms with E-state index in [-0.39, 0.29) is 11.8 Å². The van der Waals surface area contributed by atoms with Gasteiger partial charge < -0.3 is 15.5 Å². The standard InChI is InChI=1S/C17H16BrN3O2/c18-13-7-5-12(6-8-13)17(23)20-14-3-1-2-4-15(14)21-10-9-19-16(22)11-21/h1-8H,9-11H2,(H,19,22)(H,20,23). The van der Waals surface area contributed by atoms with E-state index in [9.17, 15) is 9.59 Å². The Kier molecular flexibility index (Phi) is 4.62. The first-order chi connectivity index (χ1) is 11.1. The van der Waals surface area contributed by atoms with Gasteiger partial charge in [-0.1, -0.05) is 28.1 Å². The Labute approximate surface area is 142 Å². The molecule has 1 saturated heterocycles. The van der Waals surface area contributed by atoms with Crippen LogP contribution in [0.4, 0.5) is 11.4 Å². The van der Waals surface area contributed by atoms with Gasteiger partial charge in [0.05, 0.1) is 17.9 Å². The van der Waals surface area contributed by atoms with E-state index in [1.807, 2.05) is 41.3 Å². The molecule has 1 aliphatic heterocycles. The Morgan fingerprint density at radius 2 is 1.87 bits per heavy atom. The van der Waals surface area contributed by atoms with Gasteiger partial charge in [-0.25, -0.2) is 0 Å². The van der Waals surface area contributed by atoms with E-state index < -0.39 is 0 Å². The van der Waals surface area contributed by atoms with E-state index in [2.05, 4.69) is 26.6 Å². The largest absolute Gasteiger partial charge is 0.359 e. The van der Waals surface area contributed by atoms with Gasteiger partial charge in [-0.3, -0.25) is 9.59 Å². The summed E-state index contributed by atoms with van der Waals surface area (Å²) >= 11 is 3.35. The van der Waals surface area contributed by atoms with Gasteiger partial charge in [0.25, 0.3) is 5.91 Å². The van der Waals surface area contributed by atoms with Crippen molar-refractivity contribution >= 4 is 39.1 Å². The van der Waals surface area contributed by atoms with Gasteiger partial charge in [0.15, 0.2) is 0 Å². The minimum absolute atomic E-state index is 0.00899. The van der Waals surface area contributed by atoms with Crippen LogP contribution in [0.3, 0.4) is 0 Å². The molecule has 2 aromatic rings. The molecule has 0 radical (unpaired) electrons. The Hall–Kier alpha value is -2.34. The van der Waals surface area contributed by atoms with Crippen molar-refractivity contribution in [3.63, 3.8) is 0 Å². The molecule has 1 fully saturated rings. The second-order valence-corrected chi connectivity index (χ2v) is 6.17. The highest BCUT2D eigenvalue weighted by Crippen LogP contribution is 2.26. The minimum atomic E-state index is -0.175. The van der Waals surface area contributed by atoms with Crippen molar-refractivity contribution in [2.45, 2.75) is 0 Å². The molecule has 118 valence electrons. The summed E-state index contributed by atoms with van der Waals surface area (Å²) in [5.74, 6) is -0.184. The number of para-hydroxylation sites is 2. The molecule has 0 bridgehead atoms. The second kappa shape index (κ2) is 6.83. The zero-order valence-electron chi connectivity index (χ0n) is 12.4. The first-order valence-electron chi connectivity index (χ1n) is 7.31. The van der Waals surface area contributed by atoms with Gasteiger partial charge in [0.2, 0.25) is 5.91 Å². The molecule has 1 aliphatic rings. The minimum Gasteiger partial charge on any atom is -0.359 e. The van der Waals surface area contributed by atoms with E-state index in [0.29, 0.717) is 24.3 Å². The predicted octanol–water partition coefficient (Wildman–Crippen LogP) is 2.64. The quantitative estimate of drug-likeness (QED) is 0.869. The molecule has 0 atom stereocenters. The van der Waals surface area contributed by atoms with Crippen LogP contribution in [0.1, 0.15) is 10.4 Å². The zero-order valence-corrected chi connectivity index (χ0v) is 14.0. The number of piperazine rings is 1. The third-order valence-corrected chi connectivity index (χ3v) is 4.17. The fraction of sp³-hybridized carbons (Fsp3) is 0.176. The maximum absolute atomic E-state index is 12.4. The molecular weight excluding hydrogens is 358 g/mol. The van der Waals surface area contributed by atoms with E-state index in [1.165, 1.54) is 0 Å². The van der Waals surface area contributed by atoms with E-state index in [4.69, 9.17) is 0 Å². The van der Waals surface area contributed by atoms with Crippen molar-refractivity contribution in [1.29, 1.82) is 0 Å². The second-order valence-electron chi connectivity index (χ2n) is 5.25. The number of anilines is 2. The average molecular weight is 374 g/mol. The van der Waals surface area contributed by atoms with Crippen LogP contribution in [0.25, 0.3) is 0 Å². The van der Waals surface area contributed by atoms with Crippen molar-refractivity contribution in [1.82, 2.24) is 5.32 Å². The van der Waals surface area contributed by atoms with E-state index in [1.54, 1.807) is 12.1 Å². The highest BCUT2D eigenvalue weighted by molar-refractivity contribution is 9.10. The Morgan fingerprint density at radius 3 is 2.61 bits per heavy atom. The number of hydrogen-bond donors (Lipinski definition) is 2. The first-order valence-corrected chi connectivity index (χ1v) is 8.10. The van der Waals surface area contributed by atoms with Crippen molar-refractivity contribution in [3.05, 3.63) is 58.6 Å². The highest BCUT2D eigenvalue weighted by Gasteiger charge is 2.19. The summed E-state index contributed by atoms with van der Waals surface area (Å²) in [6, 6.07) is 14.7. The molecular formula is C17H16BrN3O2. The van der Waals surface area contributed by atoms with Gasteiger partial charge in [-0.05, 0) is 36.4 Å². The van der Waals surface area contributed by atoms with Crippen molar-refractivity contribution in [3.8, 4) is 0 Å². The maximum Gasteiger partial charge on any atom is 0.255 e. The fourth-order valence-electron chi connectivity index (χ4n) is 2.50. The van der Waals surface area contributed by atoms with Crippen LogP contribution in [0.2, 0.25) is 0 Å². The molecule has 0 aromatic heterocycles. The van der Waals surface area contributed by atoms with Gasteiger partial charge in [-0.15, -0.1) is 0 Å². The van der Waals surface area contributed by atoms with Crippen LogP contribution in [0.15, 0.2) is 53.0 Å². The van der Waals surface area contributed by atoms with E-state index in [0.717, 1.165) is 16.7 Å². The Bertz CT molecular complexity index is 731. The monoisotopic (exact) mass is 373 g/mol. The van der Waals surface area contributed by atoms with Crippen LogP contribution in [-0.2, 0) is 4.79 Å². The summed E-state index contributed by atoms with van der Waals surface area (Å²) in [6.45, 7) is 1.62. The normalized spacial score (nSPS) is 14.3. The smallest absolute Gasteiger partial charge is 0.255 e. The third-order valence-electron chi connectivity index (χ3n) is 3.64. The summed E-state index contributed by atoms with van der Waals surface area (Å²) < 4.78 is 0.925. The Morgan fingerprint density at radius 1 is 1.13 bits per heavy atom. The first kappa shape index (κ1) is 15.6. The molecule has 3 rings (SSSR count). The topological polar surface area (TPSA) is 61.4 Å². The molecule has 0 unspecified atom stereocenters. The number of halogens is 1. The van der Waals surface area contributed by atoms with Crippen LogP contribution in [-0.4, -0.2) is 31.4 Å². The molecule has 1 heterocycles. The zero-order chi connectivity index (χ0) is 16.2. The van der Waals surface area contributed by atoms with Gasteiger partial charge in [0, 0.05) is 23.1 Å². The summed E-state index contributed by atoms with van der Waals surface area (Å²) in [6.07, 6.45) is 0. The molecule has 0 saturated carbocycles. The average Bonchev–Trinajstić information content (AvgIpc) is 2.56. The van der Waals surface area contributed by atoms with Gasteiger partial charge >= 0.3 is 0 Å². The van der Waals surface area contributed by atoms with Crippen molar-refractivity contribution in [2.75, 3.05) is 29.9 Å². The molecule has 5 nitrogen and oxygen atoms in total. The molecule has 23 heavy (non-hydrogen) atoms. The lowest BCUT2D eigenvalue weighted by atomic mass is 10.2.